The molecular weight excluding hydrogens is 421 g/mol. The summed E-state index contributed by atoms with van der Waals surface area (Å²) in [5.41, 5.74) is 6.97. The van der Waals surface area contributed by atoms with Crippen LogP contribution in [0.4, 0.5) is 9.18 Å². The van der Waals surface area contributed by atoms with Gasteiger partial charge in [-0.25, -0.2) is 9.18 Å². The van der Waals surface area contributed by atoms with Crippen molar-refractivity contribution in [2.45, 2.75) is 69.9 Å². The lowest BCUT2D eigenvalue weighted by Crippen LogP contribution is -2.51. The maximum Gasteiger partial charge on any atom is 0.317 e. The number of carbonyl (C=O) groups is 1. The Morgan fingerprint density at radius 1 is 1.15 bits per heavy atom. The largest absolute Gasteiger partial charge is 0.385 e. The summed E-state index contributed by atoms with van der Waals surface area (Å²) in [5.74, 6) is 0.574. The zero-order chi connectivity index (χ0) is 23.5. The van der Waals surface area contributed by atoms with Crippen LogP contribution >= 0.6 is 0 Å². The number of hydrogen-bond donors (Lipinski definition) is 2. The normalized spacial score (nSPS) is 21.5. The lowest BCUT2D eigenvalue weighted by Gasteiger charge is -2.38. The van der Waals surface area contributed by atoms with Crippen molar-refractivity contribution < 1.29 is 18.7 Å². The van der Waals surface area contributed by atoms with Gasteiger partial charge >= 0.3 is 6.03 Å². The Kier molecular flexibility index (Phi) is 10.9. The number of amides is 2. The van der Waals surface area contributed by atoms with Crippen LogP contribution in [0.15, 0.2) is 24.3 Å². The van der Waals surface area contributed by atoms with Crippen molar-refractivity contribution in [2.75, 3.05) is 40.0 Å². The first-order chi connectivity index (χ1) is 16.1. The minimum atomic E-state index is -0.257. The summed E-state index contributed by atoms with van der Waals surface area (Å²) < 4.78 is 24.9. The number of carbonyl (C=O) groups excluding carboxylic acids is 1. The Balaban J connectivity index is 1.59. The van der Waals surface area contributed by atoms with Crippen LogP contribution in [0.25, 0.3) is 0 Å². The summed E-state index contributed by atoms with van der Waals surface area (Å²) >= 11 is 0. The molecule has 1 aromatic carbocycles. The fourth-order valence-electron chi connectivity index (χ4n) is 5.32. The Bertz CT molecular complexity index is 697. The van der Waals surface area contributed by atoms with Gasteiger partial charge in [0.05, 0.1) is 6.10 Å². The van der Waals surface area contributed by atoms with Gasteiger partial charge in [0.25, 0.3) is 0 Å². The van der Waals surface area contributed by atoms with Gasteiger partial charge in [-0.3, -0.25) is 0 Å². The quantitative estimate of drug-likeness (QED) is 0.469. The molecule has 6 nitrogen and oxygen atoms in total. The molecular formula is C26H42FN3O3. The number of urea groups is 1. The van der Waals surface area contributed by atoms with Crippen LogP contribution in [-0.2, 0) is 9.47 Å². The molecule has 1 heterocycles. The lowest BCUT2D eigenvalue weighted by atomic mass is 9.85. The molecule has 3 N–H and O–H groups in total. The van der Waals surface area contributed by atoms with Crippen molar-refractivity contribution in [1.29, 1.82) is 0 Å². The fourth-order valence-corrected chi connectivity index (χ4v) is 5.32. The standard InChI is InChI=1S/C26H42FN3O3/c1-32-15-6-16-33-25(21-10-12-23(27)13-11-21)22-9-5-14-30(19-22)26(31)29-24(18-28)17-20-7-3-2-4-8-20/h10-13,20,22,24-25H,2-9,14-19,28H2,1H3,(H,29,31)/t22-,24?,25+/m1/s1. The van der Waals surface area contributed by atoms with E-state index in [9.17, 15) is 9.18 Å². The number of nitrogens with zero attached hydrogens (tertiary/aromatic N) is 1. The molecule has 2 aliphatic rings. The van der Waals surface area contributed by atoms with E-state index in [2.05, 4.69) is 5.32 Å². The van der Waals surface area contributed by atoms with E-state index in [4.69, 9.17) is 15.2 Å². The number of nitrogens with two attached hydrogens (primary N) is 1. The molecule has 2 fully saturated rings. The van der Waals surface area contributed by atoms with Gasteiger partial charge in [-0.05, 0) is 49.3 Å². The summed E-state index contributed by atoms with van der Waals surface area (Å²) in [5, 5.41) is 3.21. The molecule has 7 heteroatoms. The van der Waals surface area contributed by atoms with Crippen LogP contribution in [0.2, 0.25) is 0 Å². The van der Waals surface area contributed by atoms with Gasteiger partial charge in [0.2, 0.25) is 0 Å². The van der Waals surface area contributed by atoms with Crippen LogP contribution in [0.3, 0.4) is 0 Å². The second-order valence-corrected chi connectivity index (χ2v) is 9.66. The number of ether oxygens (including phenoxy) is 2. The molecule has 1 aliphatic carbocycles. The van der Waals surface area contributed by atoms with E-state index in [0.29, 0.717) is 32.2 Å². The molecule has 186 valence electrons. The highest BCUT2D eigenvalue weighted by Crippen LogP contribution is 2.33. The minimum absolute atomic E-state index is 0.0248. The molecule has 0 bridgehead atoms. The second kappa shape index (κ2) is 13.9. The van der Waals surface area contributed by atoms with Gasteiger partial charge in [-0.1, -0.05) is 44.2 Å². The molecule has 1 saturated heterocycles. The maximum atomic E-state index is 13.5. The van der Waals surface area contributed by atoms with E-state index in [1.54, 1.807) is 19.2 Å². The number of likely N-dealkylation sites (tertiary alicyclic amines) is 1. The number of hydrogen-bond acceptors (Lipinski definition) is 4. The van der Waals surface area contributed by atoms with E-state index >= 15 is 0 Å². The third kappa shape index (κ3) is 8.23. The van der Waals surface area contributed by atoms with Gasteiger partial charge < -0.3 is 25.4 Å². The molecule has 3 rings (SSSR count). The number of benzene rings is 1. The molecule has 3 atom stereocenters. The third-order valence-electron chi connectivity index (χ3n) is 7.12. The average molecular weight is 464 g/mol. The lowest BCUT2D eigenvalue weighted by molar-refractivity contribution is -0.0168. The predicted molar refractivity (Wildman–Crippen MR) is 128 cm³/mol. The van der Waals surface area contributed by atoms with Crippen molar-refractivity contribution in [3.8, 4) is 0 Å². The van der Waals surface area contributed by atoms with E-state index in [-0.39, 0.29) is 29.9 Å². The van der Waals surface area contributed by atoms with E-state index in [0.717, 1.165) is 37.8 Å². The third-order valence-corrected chi connectivity index (χ3v) is 7.12. The highest BCUT2D eigenvalue weighted by molar-refractivity contribution is 5.74. The van der Waals surface area contributed by atoms with Crippen molar-refractivity contribution in [3.63, 3.8) is 0 Å². The van der Waals surface area contributed by atoms with Crippen molar-refractivity contribution in [3.05, 3.63) is 35.6 Å². The topological polar surface area (TPSA) is 76.8 Å². The van der Waals surface area contributed by atoms with E-state index in [1.165, 1.54) is 44.2 Å². The number of halogens is 1. The predicted octanol–water partition coefficient (Wildman–Crippen LogP) is 4.64. The summed E-state index contributed by atoms with van der Waals surface area (Å²) in [7, 11) is 1.68. The van der Waals surface area contributed by atoms with Crippen molar-refractivity contribution >= 4 is 6.03 Å². The Morgan fingerprint density at radius 3 is 2.61 bits per heavy atom. The second-order valence-electron chi connectivity index (χ2n) is 9.66. The molecule has 0 radical (unpaired) electrons. The fraction of sp³-hybridized carbons (Fsp3) is 0.731. The maximum absolute atomic E-state index is 13.5. The first kappa shape index (κ1) is 25.9. The number of nitrogens with one attached hydrogen (secondary N) is 1. The first-order valence-corrected chi connectivity index (χ1v) is 12.7. The van der Waals surface area contributed by atoms with Gasteiger partial charge in [0.1, 0.15) is 5.82 Å². The molecule has 2 amide bonds. The molecule has 1 unspecified atom stereocenters. The monoisotopic (exact) mass is 463 g/mol. The summed E-state index contributed by atoms with van der Waals surface area (Å²) in [6, 6.07) is 6.55. The van der Waals surface area contributed by atoms with Crippen LogP contribution in [0.1, 0.15) is 69.5 Å². The number of rotatable bonds is 11. The Labute approximate surface area is 198 Å². The van der Waals surface area contributed by atoms with Crippen LogP contribution in [0, 0.1) is 17.7 Å². The Hall–Kier alpha value is -1.70. The van der Waals surface area contributed by atoms with Crippen molar-refractivity contribution in [2.24, 2.45) is 17.6 Å². The zero-order valence-corrected chi connectivity index (χ0v) is 20.1. The van der Waals surface area contributed by atoms with E-state index < -0.39 is 0 Å². The van der Waals surface area contributed by atoms with E-state index in [1.807, 2.05) is 4.90 Å². The molecule has 1 aliphatic heterocycles. The highest BCUT2D eigenvalue weighted by atomic mass is 19.1. The number of piperidine rings is 1. The van der Waals surface area contributed by atoms with Crippen molar-refractivity contribution in [1.82, 2.24) is 10.2 Å². The van der Waals surface area contributed by atoms with Gasteiger partial charge in [0, 0.05) is 51.9 Å². The average Bonchev–Trinajstić information content (AvgIpc) is 2.85. The summed E-state index contributed by atoms with van der Waals surface area (Å²) in [6.45, 7) is 3.04. The molecule has 1 saturated carbocycles. The smallest absolute Gasteiger partial charge is 0.317 e. The molecule has 33 heavy (non-hydrogen) atoms. The summed E-state index contributed by atoms with van der Waals surface area (Å²) in [6.07, 6.45) is 9.89. The molecule has 1 aromatic rings. The molecule has 0 spiro atoms. The highest BCUT2D eigenvalue weighted by Gasteiger charge is 2.32. The van der Waals surface area contributed by atoms with Gasteiger partial charge in [-0.15, -0.1) is 0 Å². The minimum Gasteiger partial charge on any atom is -0.385 e. The van der Waals surface area contributed by atoms with Gasteiger partial charge in [-0.2, -0.15) is 0 Å². The first-order valence-electron chi connectivity index (χ1n) is 12.7. The van der Waals surface area contributed by atoms with Crippen LogP contribution in [-0.4, -0.2) is 56.9 Å². The number of methoxy groups -OCH3 is 1. The Morgan fingerprint density at radius 2 is 1.91 bits per heavy atom. The van der Waals surface area contributed by atoms with Crippen LogP contribution < -0.4 is 11.1 Å². The SMILES string of the molecule is COCCCO[C@@H](c1ccc(F)cc1)[C@@H]1CCCN(C(=O)NC(CN)CC2CCCCC2)C1. The van der Waals surface area contributed by atoms with Gasteiger partial charge in [0.15, 0.2) is 0 Å². The summed E-state index contributed by atoms with van der Waals surface area (Å²) in [4.78, 5) is 15.0. The van der Waals surface area contributed by atoms with Crippen LogP contribution in [0.5, 0.6) is 0 Å². The zero-order valence-electron chi connectivity index (χ0n) is 20.1. The molecule has 0 aromatic heterocycles.